The van der Waals surface area contributed by atoms with Gasteiger partial charge in [-0.25, -0.2) is 14.4 Å². The van der Waals surface area contributed by atoms with Crippen LogP contribution in [0.1, 0.15) is 58.8 Å². The van der Waals surface area contributed by atoms with Crippen molar-refractivity contribution in [3.8, 4) is 0 Å². The lowest BCUT2D eigenvalue weighted by Gasteiger charge is -2.46. The fourth-order valence-corrected chi connectivity index (χ4v) is 8.08. The topological polar surface area (TPSA) is 212 Å². The lowest BCUT2D eigenvalue weighted by Crippen LogP contribution is -2.64. The van der Waals surface area contributed by atoms with Crippen LogP contribution in [0.5, 0.6) is 0 Å². The van der Waals surface area contributed by atoms with Crippen LogP contribution in [0.2, 0.25) is 0 Å². The highest BCUT2D eigenvalue weighted by Gasteiger charge is 2.56. The van der Waals surface area contributed by atoms with Crippen LogP contribution in [-0.2, 0) is 66.5 Å². The zero-order valence-corrected chi connectivity index (χ0v) is 36.4. The molecule has 6 rings (SSSR count). The molecule has 0 unspecified atom stereocenters. The normalized spacial score (nSPS) is 24.9. The highest BCUT2D eigenvalue weighted by molar-refractivity contribution is 7.99. The van der Waals surface area contributed by atoms with Gasteiger partial charge in [-0.3, -0.25) is 19.2 Å². The molecule has 0 aliphatic carbocycles. The molecule has 0 bridgehead atoms. The average Bonchev–Trinajstić information content (AvgIpc) is 3.29. The number of carbonyl (C=O) groups is 7. The molecule has 0 aromatic heterocycles. The van der Waals surface area contributed by atoms with Crippen LogP contribution < -0.4 is 0 Å². The summed E-state index contributed by atoms with van der Waals surface area (Å²) in [6.07, 6.45) is -13.8. The van der Waals surface area contributed by atoms with Crippen LogP contribution in [0.15, 0.2) is 126 Å². The zero-order chi connectivity index (χ0) is 46.5. The van der Waals surface area contributed by atoms with Crippen molar-refractivity contribution in [3.63, 3.8) is 0 Å². The van der Waals surface area contributed by atoms with E-state index in [4.69, 9.17) is 47.4 Å². The summed E-state index contributed by atoms with van der Waals surface area (Å²) in [4.78, 5) is 92.0. The molecule has 0 radical (unpaired) electrons. The third kappa shape index (κ3) is 13.2. The Bertz CT molecular complexity index is 2260. The first kappa shape index (κ1) is 47.9. The summed E-state index contributed by atoms with van der Waals surface area (Å²) in [5, 5.41) is 0. The highest BCUT2D eigenvalue weighted by atomic mass is 32.2. The van der Waals surface area contributed by atoms with Crippen molar-refractivity contribution in [1.82, 2.24) is 0 Å². The fraction of sp³-hybridized carbons (Fsp3) is 0.340. The summed E-state index contributed by atoms with van der Waals surface area (Å²) >= 11 is 1.11. The smallest absolute Gasteiger partial charge is 0.338 e. The van der Waals surface area contributed by atoms with Gasteiger partial charge in [-0.05, 0) is 48.5 Å². The van der Waals surface area contributed by atoms with Gasteiger partial charge in [0.1, 0.15) is 24.3 Å². The molecule has 0 saturated carbocycles. The summed E-state index contributed by atoms with van der Waals surface area (Å²) in [6.45, 7) is 3.23. The number of hydrogen-bond donors (Lipinski definition) is 0. The van der Waals surface area contributed by atoms with Crippen molar-refractivity contribution in [2.45, 2.75) is 93.1 Å². The molecule has 18 heteroatoms. The number of thioether (sulfide) groups is 1. The Morgan fingerprint density at radius 1 is 0.431 bits per heavy atom. The Morgan fingerprint density at radius 2 is 0.815 bits per heavy atom. The molecular weight excluding hydrogens is 869 g/mol. The van der Waals surface area contributed by atoms with E-state index in [2.05, 4.69) is 0 Å². The molecule has 0 spiro atoms. The van der Waals surface area contributed by atoms with Crippen LogP contribution in [0.4, 0.5) is 0 Å². The van der Waals surface area contributed by atoms with Crippen LogP contribution in [0.25, 0.3) is 0 Å². The van der Waals surface area contributed by atoms with Gasteiger partial charge in [-0.1, -0.05) is 84.6 Å². The third-order valence-corrected chi connectivity index (χ3v) is 10.9. The largest absolute Gasteiger partial charge is 0.463 e. The standard InChI is InChI=1S/C47H46O17S/c1-27(48)55-25-35-37(57-28(2)49)39(58-29(3)50)41(59-30(4)51)46(60-35)56-26-36-38(62-43(52)31-17-9-5-10-18-31)40(63-44(53)32-19-11-6-12-20-32)42(64-45(54)33-21-13-7-14-22-33)47(61-36)65-34-23-15-8-16-24-34/h5-24,35-42,46-47H,25-26H2,1-4H3/t35-,36-,37-,38+,39+,40+,41+,42-,46-,47+/m1/s1. The Morgan fingerprint density at radius 3 is 1.29 bits per heavy atom. The van der Waals surface area contributed by atoms with E-state index in [1.807, 2.05) is 0 Å². The molecule has 2 fully saturated rings. The van der Waals surface area contributed by atoms with Gasteiger partial charge in [0, 0.05) is 32.6 Å². The van der Waals surface area contributed by atoms with Gasteiger partial charge in [0.15, 0.2) is 42.9 Å². The Hall–Kier alpha value is -6.60. The van der Waals surface area contributed by atoms with E-state index in [1.165, 1.54) is 36.4 Å². The molecule has 65 heavy (non-hydrogen) atoms. The van der Waals surface area contributed by atoms with Gasteiger partial charge in [0.05, 0.1) is 23.3 Å². The predicted molar refractivity (Wildman–Crippen MR) is 226 cm³/mol. The number of benzene rings is 4. The second-order valence-corrected chi connectivity index (χ2v) is 15.8. The molecular formula is C47H46O17S. The molecule has 0 N–H and O–H groups in total. The highest BCUT2D eigenvalue weighted by Crippen LogP contribution is 2.39. The van der Waals surface area contributed by atoms with E-state index < -0.39 is 116 Å². The lowest BCUT2D eigenvalue weighted by atomic mass is 9.97. The second kappa shape index (κ2) is 22.8. The van der Waals surface area contributed by atoms with Crippen molar-refractivity contribution >= 4 is 53.5 Å². The first-order valence-electron chi connectivity index (χ1n) is 20.3. The van der Waals surface area contributed by atoms with Gasteiger partial charge < -0.3 is 47.4 Å². The second-order valence-electron chi connectivity index (χ2n) is 14.6. The lowest BCUT2D eigenvalue weighted by molar-refractivity contribution is -0.316. The van der Waals surface area contributed by atoms with Crippen LogP contribution in [0, 0.1) is 0 Å². The first-order chi connectivity index (χ1) is 31.3. The molecule has 17 nitrogen and oxygen atoms in total. The molecule has 4 aromatic rings. The summed E-state index contributed by atoms with van der Waals surface area (Å²) in [6, 6.07) is 32.9. The maximum absolute atomic E-state index is 14.1. The van der Waals surface area contributed by atoms with E-state index in [0.29, 0.717) is 4.90 Å². The predicted octanol–water partition coefficient (Wildman–Crippen LogP) is 5.28. The Labute approximate surface area is 377 Å². The maximum Gasteiger partial charge on any atom is 0.338 e. The summed E-state index contributed by atoms with van der Waals surface area (Å²) in [5.41, 5.74) is -0.804. The van der Waals surface area contributed by atoms with E-state index in [1.54, 1.807) is 84.9 Å². The van der Waals surface area contributed by atoms with Gasteiger partial charge in [0.25, 0.3) is 0 Å². The number of ether oxygens (including phenoxy) is 10. The molecule has 0 amide bonds. The van der Waals surface area contributed by atoms with Crippen LogP contribution >= 0.6 is 11.8 Å². The van der Waals surface area contributed by atoms with Gasteiger partial charge in [0.2, 0.25) is 0 Å². The molecule has 10 atom stereocenters. The number of carbonyl (C=O) groups excluding carboxylic acids is 7. The molecule has 2 aliphatic rings. The summed E-state index contributed by atoms with van der Waals surface area (Å²) in [5.74, 6) is -5.83. The van der Waals surface area contributed by atoms with Crippen molar-refractivity contribution < 1.29 is 80.9 Å². The minimum atomic E-state index is -1.68. The Balaban J connectivity index is 1.44. The van der Waals surface area contributed by atoms with Gasteiger partial charge in [-0.2, -0.15) is 0 Å². The molecule has 4 aromatic carbocycles. The van der Waals surface area contributed by atoms with E-state index in [9.17, 15) is 33.6 Å². The Kier molecular flexibility index (Phi) is 16.8. The molecule has 342 valence electrons. The molecule has 2 saturated heterocycles. The maximum atomic E-state index is 14.1. The fourth-order valence-electron chi connectivity index (χ4n) is 6.95. The van der Waals surface area contributed by atoms with Crippen molar-refractivity contribution in [1.29, 1.82) is 0 Å². The number of hydrogen-bond acceptors (Lipinski definition) is 18. The minimum absolute atomic E-state index is 0.110. The van der Waals surface area contributed by atoms with Gasteiger partial charge >= 0.3 is 41.8 Å². The summed E-state index contributed by atoms with van der Waals surface area (Å²) in [7, 11) is 0. The number of esters is 7. The average molecular weight is 915 g/mol. The zero-order valence-electron chi connectivity index (χ0n) is 35.6. The molecule has 2 heterocycles. The summed E-state index contributed by atoms with van der Waals surface area (Å²) < 4.78 is 59.6. The van der Waals surface area contributed by atoms with Crippen molar-refractivity contribution in [2.75, 3.05) is 13.2 Å². The van der Waals surface area contributed by atoms with Crippen LogP contribution in [0.3, 0.4) is 0 Å². The van der Waals surface area contributed by atoms with Crippen molar-refractivity contribution in [3.05, 3.63) is 138 Å². The van der Waals surface area contributed by atoms with Gasteiger partial charge in [-0.15, -0.1) is 0 Å². The van der Waals surface area contributed by atoms with Crippen LogP contribution in [-0.4, -0.2) is 116 Å². The molecule has 2 aliphatic heterocycles. The first-order valence-corrected chi connectivity index (χ1v) is 21.2. The third-order valence-electron chi connectivity index (χ3n) is 9.72. The minimum Gasteiger partial charge on any atom is -0.463 e. The SMILES string of the molecule is CC(=O)OC[C@H]1O[C@@H](OC[C@H]2O[C@@H](Sc3ccccc3)[C@H](OC(=O)c3ccccc3)[C@@H](OC(=O)c3ccccc3)[C@H]2OC(=O)c2ccccc2)[C@@H](OC(C)=O)[C@@H](OC(C)=O)[C@@H]1OC(C)=O. The quantitative estimate of drug-likeness (QED) is 0.103. The van der Waals surface area contributed by atoms with Crippen molar-refractivity contribution in [2.24, 2.45) is 0 Å². The number of rotatable bonds is 16. The van der Waals surface area contributed by atoms with E-state index >= 15 is 0 Å². The van der Waals surface area contributed by atoms with E-state index in [0.717, 1.165) is 39.5 Å². The monoisotopic (exact) mass is 914 g/mol. The van der Waals surface area contributed by atoms with E-state index in [-0.39, 0.29) is 16.7 Å².